The van der Waals surface area contributed by atoms with Gasteiger partial charge in [0, 0.05) is 37.1 Å². The number of piperazine rings is 1. The van der Waals surface area contributed by atoms with Crippen molar-refractivity contribution in [3.8, 4) is 11.3 Å². The van der Waals surface area contributed by atoms with Crippen molar-refractivity contribution in [2.24, 2.45) is 0 Å². The Morgan fingerprint density at radius 2 is 1.75 bits per heavy atom. The van der Waals surface area contributed by atoms with Crippen LogP contribution < -0.4 is 10.2 Å². The zero-order chi connectivity index (χ0) is 19.3. The SMILES string of the molecule is O=C(CN1CCN(c2ccccc2F)CC1)Nc1nc(-c2ccccc2)cs1. The van der Waals surface area contributed by atoms with Crippen molar-refractivity contribution >= 4 is 28.1 Å². The second-order valence-electron chi connectivity index (χ2n) is 6.67. The first-order valence-corrected chi connectivity index (χ1v) is 10.1. The lowest BCUT2D eigenvalue weighted by Crippen LogP contribution is -2.48. The third-order valence-electron chi connectivity index (χ3n) is 4.75. The molecule has 1 fully saturated rings. The van der Waals surface area contributed by atoms with E-state index in [4.69, 9.17) is 0 Å². The Kier molecular flexibility index (Phi) is 5.64. The van der Waals surface area contributed by atoms with Gasteiger partial charge in [0.2, 0.25) is 5.91 Å². The Bertz CT molecular complexity index is 938. The Balaban J connectivity index is 1.28. The van der Waals surface area contributed by atoms with Gasteiger partial charge in [0.25, 0.3) is 0 Å². The number of carbonyl (C=O) groups excluding carboxylic acids is 1. The van der Waals surface area contributed by atoms with Crippen molar-refractivity contribution in [2.45, 2.75) is 0 Å². The molecule has 0 atom stereocenters. The summed E-state index contributed by atoms with van der Waals surface area (Å²) in [5, 5.41) is 5.43. The van der Waals surface area contributed by atoms with E-state index in [1.54, 1.807) is 12.1 Å². The van der Waals surface area contributed by atoms with E-state index >= 15 is 0 Å². The quantitative estimate of drug-likeness (QED) is 0.714. The molecule has 1 aromatic heterocycles. The van der Waals surface area contributed by atoms with Crippen LogP contribution in [-0.2, 0) is 4.79 Å². The van der Waals surface area contributed by atoms with Crippen LogP contribution in [0.3, 0.4) is 0 Å². The molecule has 0 unspecified atom stereocenters. The summed E-state index contributed by atoms with van der Waals surface area (Å²) in [5.41, 5.74) is 2.52. The van der Waals surface area contributed by atoms with E-state index in [0.717, 1.165) is 24.3 Å². The Hall–Kier alpha value is -2.77. The molecular weight excluding hydrogens is 375 g/mol. The van der Waals surface area contributed by atoms with Crippen molar-refractivity contribution in [3.05, 3.63) is 65.8 Å². The molecule has 2 aromatic carbocycles. The lowest BCUT2D eigenvalue weighted by molar-refractivity contribution is -0.117. The molecule has 1 amide bonds. The van der Waals surface area contributed by atoms with Gasteiger partial charge in [0.1, 0.15) is 5.82 Å². The topological polar surface area (TPSA) is 48.5 Å². The summed E-state index contributed by atoms with van der Waals surface area (Å²) in [4.78, 5) is 21.0. The molecule has 4 rings (SSSR count). The molecule has 0 bridgehead atoms. The summed E-state index contributed by atoms with van der Waals surface area (Å²) < 4.78 is 13.9. The number of nitrogens with zero attached hydrogens (tertiary/aromatic N) is 3. The molecule has 1 aliphatic heterocycles. The molecule has 28 heavy (non-hydrogen) atoms. The number of rotatable bonds is 5. The average molecular weight is 396 g/mol. The molecule has 7 heteroatoms. The lowest BCUT2D eigenvalue weighted by Gasteiger charge is -2.35. The number of benzene rings is 2. The van der Waals surface area contributed by atoms with Gasteiger partial charge in [0.05, 0.1) is 17.9 Å². The van der Waals surface area contributed by atoms with E-state index in [1.165, 1.54) is 17.4 Å². The maximum atomic E-state index is 13.9. The molecule has 2 heterocycles. The largest absolute Gasteiger partial charge is 0.367 e. The predicted octanol–water partition coefficient (Wildman–Crippen LogP) is 3.71. The minimum Gasteiger partial charge on any atom is -0.367 e. The number of hydrogen-bond donors (Lipinski definition) is 1. The van der Waals surface area contributed by atoms with Crippen LogP contribution in [0.15, 0.2) is 60.0 Å². The number of para-hydroxylation sites is 1. The van der Waals surface area contributed by atoms with Gasteiger partial charge in [-0.15, -0.1) is 11.3 Å². The molecule has 5 nitrogen and oxygen atoms in total. The van der Waals surface area contributed by atoms with Crippen LogP contribution in [0, 0.1) is 5.82 Å². The van der Waals surface area contributed by atoms with Gasteiger partial charge in [-0.25, -0.2) is 9.37 Å². The van der Waals surface area contributed by atoms with E-state index in [1.807, 2.05) is 46.7 Å². The standard InChI is InChI=1S/C21H21FN4OS/c22-17-8-4-5-9-19(17)26-12-10-25(11-13-26)14-20(27)24-21-23-18(15-28-21)16-6-2-1-3-7-16/h1-9,15H,10-14H2,(H,23,24,27). The number of anilines is 2. The highest BCUT2D eigenvalue weighted by molar-refractivity contribution is 7.14. The fourth-order valence-electron chi connectivity index (χ4n) is 3.29. The van der Waals surface area contributed by atoms with Gasteiger partial charge in [0.15, 0.2) is 5.13 Å². The zero-order valence-corrected chi connectivity index (χ0v) is 16.2. The molecule has 0 aliphatic carbocycles. The Labute approximate surface area is 167 Å². The van der Waals surface area contributed by atoms with Crippen LogP contribution in [0.5, 0.6) is 0 Å². The number of hydrogen-bond acceptors (Lipinski definition) is 5. The number of aromatic nitrogens is 1. The number of thiazole rings is 1. The average Bonchev–Trinajstić information content (AvgIpc) is 3.18. The molecule has 144 valence electrons. The molecule has 1 saturated heterocycles. The van der Waals surface area contributed by atoms with E-state index in [2.05, 4.69) is 15.2 Å². The summed E-state index contributed by atoms with van der Waals surface area (Å²) in [7, 11) is 0. The van der Waals surface area contributed by atoms with E-state index in [-0.39, 0.29) is 11.7 Å². The first-order chi connectivity index (χ1) is 13.7. The van der Waals surface area contributed by atoms with Crippen LogP contribution in [0.4, 0.5) is 15.2 Å². The number of carbonyl (C=O) groups is 1. The lowest BCUT2D eigenvalue weighted by atomic mass is 10.2. The minimum atomic E-state index is -0.202. The molecule has 1 aliphatic rings. The first kappa shape index (κ1) is 18.6. The predicted molar refractivity (Wildman–Crippen MR) is 111 cm³/mol. The van der Waals surface area contributed by atoms with E-state index in [9.17, 15) is 9.18 Å². The van der Waals surface area contributed by atoms with Crippen molar-refractivity contribution in [1.82, 2.24) is 9.88 Å². The van der Waals surface area contributed by atoms with Crippen LogP contribution in [0.2, 0.25) is 0 Å². The Morgan fingerprint density at radius 1 is 1.04 bits per heavy atom. The van der Waals surface area contributed by atoms with Crippen molar-refractivity contribution < 1.29 is 9.18 Å². The maximum absolute atomic E-state index is 13.9. The van der Waals surface area contributed by atoms with Crippen LogP contribution in [0.25, 0.3) is 11.3 Å². The summed E-state index contributed by atoms with van der Waals surface area (Å²) in [5.74, 6) is -0.278. The third kappa shape index (κ3) is 4.37. The van der Waals surface area contributed by atoms with Crippen LogP contribution >= 0.6 is 11.3 Å². The minimum absolute atomic E-state index is 0.0756. The van der Waals surface area contributed by atoms with E-state index < -0.39 is 0 Å². The monoisotopic (exact) mass is 396 g/mol. The normalized spacial score (nSPS) is 14.8. The second kappa shape index (κ2) is 8.50. The summed E-state index contributed by atoms with van der Waals surface area (Å²) >= 11 is 1.42. The van der Waals surface area contributed by atoms with Gasteiger partial charge in [-0.2, -0.15) is 0 Å². The fourth-order valence-corrected chi connectivity index (χ4v) is 4.03. The van der Waals surface area contributed by atoms with Gasteiger partial charge in [-0.3, -0.25) is 9.69 Å². The molecule has 0 radical (unpaired) electrons. The van der Waals surface area contributed by atoms with Gasteiger partial charge < -0.3 is 10.2 Å². The summed E-state index contributed by atoms with van der Waals surface area (Å²) in [6.07, 6.45) is 0. The van der Waals surface area contributed by atoms with Gasteiger partial charge in [-0.05, 0) is 12.1 Å². The zero-order valence-electron chi connectivity index (χ0n) is 15.3. The van der Waals surface area contributed by atoms with Crippen molar-refractivity contribution in [1.29, 1.82) is 0 Å². The van der Waals surface area contributed by atoms with Crippen LogP contribution in [0.1, 0.15) is 0 Å². The molecule has 0 saturated carbocycles. The third-order valence-corrected chi connectivity index (χ3v) is 5.51. The number of halogens is 1. The second-order valence-corrected chi connectivity index (χ2v) is 7.52. The van der Waals surface area contributed by atoms with Crippen molar-refractivity contribution in [2.75, 3.05) is 42.9 Å². The highest BCUT2D eigenvalue weighted by atomic mass is 32.1. The molecular formula is C21H21FN4OS. The smallest absolute Gasteiger partial charge is 0.240 e. The first-order valence-electron chi connectivity index (χ1n) is 9.22. The molecule has 0 spiro atoms. The molecule has 3 aromatic rings. The number of amides is 1. The van der Waals surface area contributed by atoms with Gasteiger partial charge >= 0.3 is 0 Å². The fraction of sp³-hybridized carbons (Fsp3) is 0.238. The van der Waals surface area contributed by atoms with E-state index in [0.29, 0.717) is 30.5 Å². The maximum Gasteiger partial charge on any atom is 0.240 e. The van der Waals surface area contributed by atoms with Gasteiger partial charge in [-0.1, -0.05) is 42.5 Å². The highest BCUT2D eigenvalue weighted by Crippen LogP contribution is 2.24. The van der Waals surface area contributed by atoms with Crippen LogP contribution in [-0.4, -0.2) is 48.5 Å². The summed E-state index contributed by atoms with van der Waals surface area (Å²) in [6.45, 7) is 3.14. The Morgan fingerprint density at radius 3 is 2.50 bits per heavy atom. The number of nitrogens with one attached hydrogen (secondary N) is 1. The van der Waals surface area contributed by atoms with Crippen molar-refractivity contribution in [3.63, 3.8) is 0 Å². The highest BCUT2D eigenvalue weighted by Gasteiger charge is 2.21. The molecule has 1 N–H and O–H groups in total. The summed E-state index contributed by atoms with van der Waals surface area (Å²) in [6, 6.07) is 16.7.